The van der Waals surface area contributed by atoms with Gasteiger partial charge in [-0.25, -0.2) is 4.79 Å². The second-order valence-corrected chi connectivity index (χ2v) is 8.10. The van der Waals surface area contributed by atoms with Crippen LogP contribution in [0.3, 0.4) is 0 Å². The van der Waals surface area contributed by atoms with E-state index in [0.29, 0.717) is 18.4 Å². The van der Waals surface area contributed by atoms with Gasteiger partial charge in [-0.1, -0.05) is 74.5 Å². The van der Waals surface area contributed by atoms with E-state index in [1.807, 2.05) is 60.7 Å². The molecule has 1 spiro atoms. The Hall–Kier alpha value is -2.68. The molecule has 1 unspecified atom stereocenters. The summed E-state index contributed by atoms with van der Waals surface area (Å²) in [6.07, 6.45) is 1.43. The van der Waals surface area contributed by atoms with Crippen molar-refractivity contribution in [2.45, 2.75) is 38.7 Å². The number of ketones is 1. The van der Waals surface area contributed by atoms with E-state index < -0.39 is 5.60 Å². The summed E-state index contributed by atoms with van der Waals surface area (Å²) in [4.78, 5) is 25.5. The number of carbonyl (C=O) groups is 2. The number of hydrogen-bond donors (Lipinski definition) is 0. The van der Waals surface area contributed by atoms with E-state index in [9.17, 15) is 9.59 Å². The second kappa shape index (κ2) is 5.94. The predicted molar refractivity (Wildman–Crippen MR) is 101 cm³/mol. The molecule has 4 rings (SSSR count). The van der Waals surface area contributed by atoms with Crippen molar-refractivity contribution in [3.8, 4) is 0 Å². The van der Waals surface area contributed by atoms with Gasteiger partial charge >= 0.3 is 5.97 Å². The van der Waals surface area contributed by atoms with Crippen LogP contribution >= 0.6 is 0 Å². The van der Waals surface area contributed by atoms with Crippen molar-refractivity contribution in [2.75, 3.05) is 0 Å². The molecule has 0 bridgehead atoms. The van der Waals surface area contributed by atoms with Gasteiger partial charge in [-0.2, -0.15) is 0 Å². The molecule has 2 aliphatic rings. The van der Waals surface area contributed by atoms with E-state index in [0.717, 1.165) is 16.7 Å². The highest BCUT2D eigenvalue weighted by Crippen LogP contribution is 2.54. The van der Waals surface area contributed by atoms with Crippen molar-refractivity contribution in [1.29, 1.82) is 0 Å². The Bertz CT molecular complexity index is 894. The minimum absolute atomic E-state index is 0.150. The van der Waals surface area contributed by atoms with Crippen molar-refractivity contribution in [3.05, 3.63) is 71.8 Å². The van der Waals surface area contributed by atoms with Gasteiger partial charge in [-0.05, 0) is 23.0 Å². The lowest BCUT2D eigenvalue weighted by molar-refractivity contribution is -0.152. The molecule has 2 aromatic rings. The number of ether oxygens (including phenoxy) is 1. The molecule has 0 aromatic heterocycles. The van der Waals surface area contributed by atoms with Crippen LogP contribution in [0, 0.1) is 5.41 Å². The fourth-order valence-electron chi connectivity index (χ4n) is 4.55. The summed E-state index contributed by atoms with van der Waals surface area (Å²) in [5.74, 6) is -0.183. The van der Waals surface area contributed by atoms with E-state index in [-0.39, 0.29) is 23.6 Å². The third-order valence-electron chi connectivity index (χ3n) is 5.25. The molecular formula is C23H22O3. The van der Waals surface area contributed by atoms with Crippen LogP contribution in [0.15, 0.2) is 60.7 Å². The van der Waals surface area contributed by atoms with Crippen LogP contribution in [0.2, 0.25) is 0 Å². The molecule has 1 aliphatic heterocycles. The molecule has 1 aliphatic carbocycles. The van der Waals surface area contributed by atoms with Crippen molar-refractivity contribution in [2.24, 2.45) is 5.41 Å². The zero-order valence-corrected chi connectivity index (χ0v) is 15.1. The van der Waals surface area contributed by atoms with E-state index in [1.165, 1.54) is 0 Å². The molecule has 0 radical (unpaired) electrons. The first-order chi connectivity index (χ1) is 12.4. The molecule has 0 amide bonds. The molecule has 0 N–H and O–H groups in total. The van der Waals surface area contributed by atoms with Crippen LogP contribution in [-0.2, 0) is 14.3 Å². The van der Waals surface area contributed by atoms with Crippen LogP contribution in [0.4, 0.5) is 0 Å². The minimum atomic E-state index is -0.873. The number of hydrogen-bond acceptors (Lipinski definition) is 3. The van der Waals surface area contributed by atoms with Gasteiger partial charge in [0.15, 0.2) is 0 Å². The largest absolute Gasteiger partial charge is 0.450 e. The Morgan fingerprint density at radius 1 is 0.808 bits per heavy atom. The molecular weight excluding hydrogens is 324 g/mol. The maximum Gasteiger partial charge on any atom is 0.340 e. The zero-order valence-electron chi connectivity index (χ0n) is 15.1. The summed E-state index contributed by atoms with van der Waals surface area (Å²) in [6.45, 7) is 4.14. The number of benzene rings is 2. The molecule has 1 heterocycles. The van der Waals surface area contributed by atoms with Gasteiger partial charge < -0.3 is 4.74 Å². The lowest BCUT2D eigenvalue weighted by Gasteiger charge is -2.42. The molecule has 1 atom stereocenters. The highest BCUT2D eigenvalue weighted by Gasteiger charge is 2.54. The van der Waals surface area contributed by atoms with Gasteiger partial charge in [0, 0.05) is 12.0 Å². The van der Waals surface area contributed by atoms with Gasteiger partial charge in [0.2, 0.25) is 0 Å². The number of carbonyl (C=O) groups excluding carboxylic acids is 2. The Balaban J connectivity index is 1.98. The molecule has 132 valence electrons. The Morgan fingerprint density at radius 2 is 1.38 bits per heavy atom. The Morgan fingerprint density at radius 3 is 1.96 bits per heavy atom. The van der Waals surface area contributed by atoms with Crippen LogP contribution < -0.4 is 0 Å². The Kier molecular flexibility index (Phi) is 3.83. The summed E-state index contributed by atoms with van der Waals surface area (Å²) in [5, 5.41) is 0. The van der Waals surface area contributed by atoms with Crippen molar-refractivity contribution >= 4 is 22.9 Å². The third kappa shape index (κ3) is 2.78. The van der Waals surface area contributed by atoms with Gasteiger partial charge in [-0.3, -0.25) is 4.79 Å². The summed E-state index contributed by atoms with van der Waals surface area (Å²) in [5.41, 5.74) is 2.15. The number of esters is 1. The van der Waals surface area contributed by atoms with Gasteiger partial charge in [0.05, 0.1) is 12.0 Å². The van der Waals surface area contributed by atoms with Gasteiger partial charge in [0.25, 0.3) is 0 Å². The van der Waals surface area contributed by atoms with Gasteiger partial charge in [0.1, 0.15) is 11.4 Å². The standard InChI is InChI=1S/C23H22O3/c1-22(2)13-18(24)14-23(15-22)20(17-11-7-4-8-12-17)19(21(25)26-23)16-9-5-3-6-10-16/h3-12H,13-15H2,1-2H3. The maximum atomic E-state index is 13.0. The van der Waals surface area contributed by atoms with Crippen LogP contribution in [0.25, 0.3) is 11.1 Å². The van der Waals surface area contributed by atoms with E-state index in [4.69, 9.17) is 4.74 Å². The highest BCUT2D eigenvalue weighted by molar-refractivity contribution is 6.29. The molecule has 1 saturated carbocycles. The zero-order chi connectivity index (χ0) is 18.4. The van der Waals surface area contributed by atoms with Crippen LogP contribution in [0.1, 0.15) is 44.2 Å². The Labute approximate surface area is 153 Å². The fourth-order valence-corrected chi connectivity index (χ4v) is 4.55. The average molecular weight is 346 g/mol. The fraction of sp³-hybridized carbons (Fsp3) is 0.304. The summed E-state index contributed by atoms with van der Waals surface area (Å²) in [7, 11) is 0. The summed E-state index contributed by atoms with van der Waals surface area (Å²) >= 11 is 0. The number of rotatable bonds is 2. The molecule has 0 saturated heterocycles. The number of Topliss-reactive ketones (excluding diaryl/α,β-unsaturated/α-hetero) is 1. The van der Waals surface area contributed by atoms with E-state index in [1.54, 1.807) is 0 Å². The van der Waals surface area contributed by atoms with Crippen molar-refractivity contribution in [1.82, 2.24) is 0 Å². The first-order valence-electron chi connectivity index (χ1n) is 9.01. The monoisotopic (exact) mass is 346 g/mol. The maximum absolute atomic E-state index is 13.0. The molecule has 2 aromatic carbocycles. The molecule has 3 nitrogen and oxygen atoms in total. The normalized spacial score (nSPS) is 24.8. The van der Waals surface area contributed by atoms with Crippen LogP contribution in [-0.4, -0.2) is 17.4 Å². The first-order valence-corrected chi connectivity index (χ1v) is 9.01. The lowest BCUT2D eigenvalue weighted by atomic mass is 9.65. The third-order valence-corrected chi connectivity index (χ3v) is 5.25. The van der Waals surface area contributed by atoms with Gasteiger partial charge in [-0.15, -0.1) is 0 Å². The summed E-state index contributed by atoms with van der Waals surface area (Å²) in [6, 6.07) is 19.5. The molecule has 3 heteroatoms. The lowest BCUT2D eigenvalue weighted by Crippen LogP contribution is -2.44. The first kappa shape index (κ1) is 16.8. The highest BCUT2D eigenvalue weighted by atomic mass is 16.6. The minimum Gasteiger partial charge on any atom is -0.450 e. The quantitative estimate of drug-likeness (QED) is 0.742. The SMILES string of the molecule is CC1(C)CC(=O)CC2(C1)OC(=O)C(c1ccccc1)=C2c1ccccc1. The average Bonchev–Trinajstić information content (AvgIpc) is 2.85. The van der Waals surface area contributed by atoms with Crippen molar-refractivity contribution in [3.63, 3.8) is 0 Å². The summed E-state index contributed by atoms with van der Waals surface area (Å²) < 4.78 is 6.00. The molecule has 1 fully saturated rings. The topological polar surface area (TPSA) is 43.4 Å². The van der Waals surface area contributed by atoms with Crippen LogP contribution in [0.5, 0.6) is 0 Å². The molecule has 26 heavy (non-hydrogen) atoms. The van der Waals surface area contributed by atoms with E-state index in [2.05, 4.69) is 13.8 Å². The predicted octanol–water partition coefficient (Wildman–Crippen LogP) is 4.67. The van der Waals surface area contributed by atoms with E-state index >= 15 is 0 Å². The second-order valence-electron chi connectivity index (χ2n) is 8.10. The van der Waals surface area contributed by atoms with Crippen molar-refractivity contribution < 1.29 is 14.3 Å². The smallest absolute Gasteiger partial charge is 0.340 e.